The minimum absolute atomic E-state index is 0.0884. The second-order valence-corrected chi connectivity index (χ2v) is 8.96. The zero-order valence-electron chi connectivity index (χ0n) is 17.1. The number of aromatic nitrogens is 2. The minimum Gasteiger partial charge on any atom is -0.287 e. The van der Waals surface area contributed by atoms with E-state index >= 15 is 0 Å². The van der Waals surface area contributed by atoms with Gasteiger partial charge in [0.05, 0.1) is 17.7 Å². The third kappa shape index (κ3) is 3.27. The second-order valence-electron chi connectivity index (χ2n) is 7.51. The average molecular weight is 465 g/mol. The van der Waals surface area contributed by atoms with Crippen molar-refractivity contribution in [3.8, 4) is 5.69 Å². The van der Waals surface area contributed by atoms with Crippen LogP contribution in [0.25, 0.3) is 26.0 Å². The summed E-state index contributed by atoms with van der Waals surface area (Å²) in [5.74, 6) is -0.498. The normalized spacial score (nSPS) is 11.5. The fourth-order valence-electron chi connectivity index (χ4n) is 3.95. The van der Waals surface area contributed by atoms with E-state index in [-0.39, 0.29) is 22.7 Å². The number of thiophene rings is 1. The number of rotatable bonds is 4. The molecule has 0 amide bonds. The van der Waals surface area contributed by atoms with Gasteiger partial charge in [0, 0.05) is 20.7 Å². The Bertz CT molecular complexity index is 1580. The van der Waals surface area contributed by atoms with Crippen LogP contribution in [0, 0.1) is 5.82 Å². The van der Waals surface area contributed by atoms with Gasteiger partial charge in [-0.1, -0.05) is 54.9 Å². The first-order valence-corrected chi connectivity index (χ1v) is 11.4. The fraction of sp³-hybridized carbons (Fsp3) is 0.120. The predicted molar refractivity (Wildman–Crippen MR) is 129 cm³/mol. The van der Waals surface area contributed by atoms with Gasteiger partial charge in [-0.25, -0.2) is 13.8 Å². The van der Waals surface area contributed by atoms with Crippen molar-refractivity contribution in [1.82, 2.24) is 9.13 Å². The van der Waals surface area contributed by atoms with Crippen molar-refractivity contribution in [3.05, 3.63) is 110 Å². The van der Waals surface area contributed by atoms with Crippen LogP contribution >= 0.6 is 22.9 Å². The number of benzene rings is 3. The lowest BCUT2D eigenvalue weighted by Gasteiger charge is -2.14. The van der Waals surface area contributed by atoms with E-state index in [1.54, 1.807) is 18.2 Å². The molecule has 160 valence electrons. The molecule has 5 rings (SSSR count). The van der Waals surface area contributed by atoms with Gasteiger partial charge in [0.1, 0.15) is 10.5 Å². The standard InChI is InChI=1S/C25H18ClFN2O2S/c1-2-15-10-12-16(13-11-15)29-24(30)23-22(17-6-3-4-9-21(17)32-23)28(25(29)31)14-18-19(26)7-5-8-20(18)27/h3-13H,2,14H2,1H3. The lowest BCUT2D eigenvalue weighted by atomic mass is 10.1. The Kier molecular flexibility index (Phi) is 5.19. The summed E-state index contributed by atoms with van der Waals surface area (Å²) in [5, 5.41) is 1.01. The molecular formula is C25H18ClFN2O2S. The summed E-state index contributed by atoms with van der Waals surface area (Å²) in [5.41, 5.74) is 1.37. The highest BCUT2D eigenvalue weighted by Gasteiger charge is 2.21. The topological polar surface area (TPSA) is 44.0 Å². The van der Waals surface area contributed by atoms with Crippen LogP contribution in [-0.4, -0.2) is 9.13 Å². The van der Waals surface area contributed by atoms with E-state index in [0.717, 1.165) is 26.6 Å². The number of hydrogen-bond acceptors (Lipinski definition) is 3. The van der Waals surface area contributed by atoms with Crippen molar-refractivity contribution in [2.75, 3.05) is 0 Å². The van der Waals surface area contributed by atoms with Crippen LogP contribution in [0.2, 0.25) is 5.02 Å². The number of nitrogens with zero attached hydrogens (tertiary/aromatic N) is 2. The molecule has 0 aliphatic rings. The Morgan fingerprint density at radius 2 is 1.72 bits per heavy atom. The van der Waals surface area contributed by atoms with Crippen molar-refractivity contribution in [2.45, 2.75) is 19.9 Å². The van der Waals surface area contributed by atoms with E-state index in [1.165, 1.54) is 28.0 Å². The highest BCUT2D eigenvalue weighted by Crippen LogP contribution is 2.32. The van der Waals surface area contributed by atoms with Crippen LogP contribution in [-0.2, 0) is 13.0 Å². The van der Waals surface area contributed by atoms with E-state index in [1.807, 2.05) is 43.3 Å². The van der Waals surface area contributed by atoms with Crippen LogP contribution < -0.4 is 11.2 Å². The molecule has 0 fully saturated rings. The molecule has 3 aromatic carbocycles. The Hall–Kier alpha value is -3.22. The Morgan fingerprint density at radius 1 is 0.969 bits per heavy atom. The highest BCUT2D eigenvalue weighted by atomic mass is 35.5. The third-order valence-electron chi connectivity index (χ3n) is 5.64. The van der Waals surface area contributed by atoms with Crippen molar-refractivity contribution in [1.29, 1.82) is 0 Å². The summed E-state index contributed by atoms with van der Waals surface area (Å²) >= 11 is 7.60. The third-order valence-corrected chi connectivity index (χ3v) is 7.14. The maximum absolute atomic E-state index is 14.6. The Morgan fingerprint density at radius 3 is 2.44 bits per heavy atom. The molecule has 0 N–H and O–H groups in total. The van der Waals surface area contributed by atoms with Gasteiger partial charge in [-0.2, -0.15) is 0 Å². The number of halogens is 2. The molecule has 0 unspecified atom stereocenters. The van der Waals surface area contributed by atoms with Crippen molar-refractivity contribution in [3.63, 3.8) is 0 Å². The highest BCUT2D eigenvalue weighted by molar-refractivity contribution is 7.25. The summed E-state index contributed by atoms with van der Waals surface area (Å²) in [7, 11) is 0. The van der Waals surface area contributed by atoms with Gasteiger partial charge in [-0.05, 0) is 42.3 Å². The molecule has 32 heavy (non-hydrogen) atoms. The van der Waals surface area contributed by atoms with Gasteiger partial charge in [0.25, 0.3) is 5.56 Å². The summed E-state index contributed by atoms with van der Waals surface area (Å²) < 4.78 is 18.6. The maximum atomic E-state index is 14.6. The zero-order valence-corrected chi connectivity index (χ0v) is 18.7. The van der Waals surface area contributed by atoms with Gasteiger partial charge < -0.3 is 0 Å². The van der Waals surface area contributed by atoms with Gasteiger partial charge in [0.15, 0.2) is 0 Å². The van der Waals surface area contributed by atoms with E-state index < -0.39 is 11.5 Å². The smallest absolute Gasteiger partial charge is 0.287 e. The predicted octanol–water partition coefficient (Wildman–Crippen LogP) is 5.77. The van der Waals surface area contributed by atoms with Crippen LogP contribution in [0.15, 0.2) is 76.3 Å². The summed E-state index contributed by atoms with van der Waals surface area (Å²) in [6.07, 6.45) is 0.848. The van der Waals surface area contributed by atoms with Gasteiger partial charge in [0.2, 0.25) is 0 Å². The van der Waals surface area contributed by atoms with Crippen LogP contribution in [0.4, 0.5) is 4.39 Å². The number of hydrogen-bond donors (Lipinski definition) is 0. The molecule has 4 nitrogen and oxygen atoms in total. The molecule has 0 bridgehead atoms. The average Bonchev–Trinajstić information content (AvgIpc) is 3.19. The lowest BCUT2D eigenvalue weighted by molar-refractivity contribution is 0.595. The second kappa shape index (κ2) is 8.04. The largest absolute Gasteiger partial charge is 0.336 e. The van der Waals surface area contributed by atoms with Gasteiger partial charge in [-0.15, -0.1) is 11.3 Å². The molecule has 0 aliphatic heterocycles. The molecule has 5 aromatic rings. The summed E-state index contributed by atoms with van der Waals surface area (Å²) in [6.45, 7) is 1.95. The van der Waals surface area contributed by atoms with E-state index in [9.17, 15) is 14.0 Å². The monoisotopic (exact) mass is 464 g/mol. The van der Waals surface area contributed by atoms with Crippen molar-refractivity contribution < 1.29 is 4.39 Å². The molecule has 2 aromatic heterocycles. The van der Waals surface area contributed by atoms with Crippen molar-refractivity contribution in [2.24, 2.45) is 0 Å². The van der Waals surface area contributed by atoms with E-state index in [0.29, 0.717) is 15.9 Å². The van der Waals surface area contributed by atoms with Crippen LogP contribution in [0.5, 0.6) is 0 Å². The summed E-state index contributed by atoms with van der Waals surface area (Å²) in [6, 6.07) is 19.3. The first-order valence-electron chi connectivity index (χ1n) is 10.2. The Balaban J connectivity index is 1.88. The number of aryl methyl sites for hydroxylation is 1. The Labute approximate surface area is 191 Å². The SMILES string of the molecule is CCc1ccc(-n2c(=O)c3sc4ccccc4c3n(Cc3c(F)cccc3Cl)c2=O)cc1. The molecule has 0 radical (unpaired) electrons. The quantitative estimate of drug-likeness (QED) is 0.339. The van der Waals surface area contributed by atoms with E-state index in [2.05, 4.69) is 0 Å². The van der Waals surface area contributed by atoms with Crippen LogP contribution in [0.3, 0.4) is 0 Å². The van der Waals surface area contributed by atoms with Gasteiger partial charge in [-0.3, -0.25) is 9.36 Å². The first kappa shape index (κ1) is 20.7. The molecule has 0 saturated carbocycles. The van der Waals surface area contributed by atoms with Gasteiger partial charge >= 0.3 is 5.69 Å². The molecule has 2 heterocycles. The molecule has 7 heteroatoms. The fourth-order valence-corrected chi connectivity index (χ4v) is 5.31. The summed E-state index contributed by atoms with van der Waals surface area (Å²) in [4.78, 5) is 27.2. The van der Waals surface area contributed by atoms with Crippen molar-refractivity contribution >= 4 is 43.2 Å². The number of fused-ring (bicyclic) bond motifs is 3. The maximum Gasteiger partial charge on any atom is 0.336 e. The molecule has 0 spiro atoms. The molecule has 0 saturated heterocycles. The van der Waals surface area contributed by atoms with E-state index in [4.69, 9.17) is 11.6 Å². The lowest BCUT2D eigenvalue weighted by Crippen LogP contribution is -2.38. The molecule has 0 atom stereocenters. The minimum atomic E-state index is -0.533. The first-order chi connectivity index (χ1) is 15.5. The zero-order chi connectivity index (χ0) is 22.4. The molecule has 0 aliphatic carbocycles. The van der Waals surface area contributed by atoms with Crippen LogP contribution in [0.1, 0.15) is 18.1 Å². The molecular weight excluding hydrogens is 447 g/mol.